The summed E-state index contributed by atoms with van der Waals surface area (Å²) < 4.78 is 10.4. The van der Waals surface area contributed by atoms with Gasteiger partial charge in [-0.15, -0.1) is 0 Å². The van der Waals surface area contributed by atoms with E-state index in [1.54, 1.807) is 37.4 Å². The maximum atomic E-state index is 11.8. The van der Waals surface area contributed by atoms with E-state index in [2.05, 4.69) is 10.3 Å². The van der Waals surface area contributed by atoms with Crippen molar-refractivity contribution in [2.24, 2.45) is 0 Å². The Morgan fingerprint density at radius 3 is 2.38 bits per heavy atom. The molecule has 126 valence electrons. The molecule has 0 unspecified atom stereocenters. The number of carbonyl (C=O) groups excluding carboxylic acids is 2. The van der Waals surface area contributed by atoms with Crippen molar-refractivity contribution < 1.29 is 19.1 Å². The Morgan fingerprint density at radius 1 is 1.04 bits per heavy atom. The van der Waals surface area contributed by atoms with E-state index < -0.39 is 0 Å². The molecular weight excluding hydrogens is 308 g/mol. The highest BCUT2D eigenvalue weighted by Gasteiger charge is 2.08. The Morgan fingerprint density at radius 2 is 1.75 bits per heavy atom. The Balaban J connectivity index is 1.84. The summed E-state index contributed by atoms with van der Waals surface area (Å²) in [4.78, 5) is 27.1. The summed E-state index contributed by atoms with van der Waals surface area (Å²) in [6.45, 7) is 3.95. The molecule has 0 saturated carbocycles. The van der Waals surface area contributed by atoms with Crippen LogP contribution in [-0.2, 0) is 14.3 Å². The van der Waals surface area contributed by atoms with Crippen LogP contribution in [0.25, 0.3) is 0 Å². The van der Waals surface area contributed by atoms with Gasteiger partial charge in [0.05, 0.1) is 19.2 Å². The minimum atomic E-state index is -0.372. The van der Waals surface area contributed by atoms with E-state index in [0.717, 1.165) is 5.69 Å². The molecule has 0 atom stereocenters. The molecule has 0 aliphatic heterocycles. The van der Waals surface area contributed by atoms with Gasteiger partial charge in [-0.1, -0.05) is 0 Å². The van der Waals surface area contributed by atoms with E-state index in [4.69, 9.17) is 9.47 Å². The molecule has 1 aromatic heterocycles. The van der Waals surface area contributed by atoms with E-state index in [-0.39, 0.29) is 24.7 Å². The summed E-state index contributed by atoms with van der Waals surface area (Å²) in [5, 5.41) is 2.72. The van der Waals surface area contributed by atoms with Crippen molar-refractivity contribution in [1.29, 1.82) is 0 Å². The Hall–Kier alpha value is -2.89. The van der Waals surface area contributed by atoms with Gasteiger partial charge < -0.3 is 14.8 Å². The first-order valence-corrected chi connectivity index (χ1v) is 7.73. The number of pyridine rings is 1. The molecule has 0 spiro atoms. The number of nitrogens with zero attached hydrogens (tertiary/aromatic N) is 1. The number of nitrogens with one attached hydrogen (secondary N) is 1. The van der Waals surface area contributed by atoms with E-state index in [0.29, 0.717) is 23.8 Å². The van der Waals surface area contributed by atoms with Crippen LogP contribution in [0.4, 0.5) is 5.69 Å². The fourth-order valence-corrected chi connectivity index (χ4v) is 1.93. The third-order valence-electron chi connectivity index (χ3n) is 3.12. The van der Waals surface area contributed by atoms with Gasteiger partial charge in [0, 0.05) is 17.8 Å². The molecule has 0 aliphatic carbocycles. The third kappa shape index (κ3) is 5.72. The average molecular weight is 328 g/mol. The fraction of sp³-hybridized carbons (Fsp3) is 0.278. The number of benzene rings is 1. The molecule has 0 fully saturated rings. The smallest absolute Gasteiger partial charge is 0.306 e. The molecule has 0 bridgehead atoms. The minimum absolute atomic E-state index is 0.0707. The van der Waals surface area contributed by atoms with Crippen LogP contribution in [0.15, 0.2) is 42.6 Å². The van der Waals surface area contributed by atoms with Crippen LogP contribution < -0.4 is 10.1 Å². The van der Waals surface area contributed by atoms with E-state index in [1.807, 2.05) is 19.1 Å². The van der Waals surface area contributed by atoms with Crippen LogP contribution in [0, 0.1) is 6.92 Å². The molecule has 24 heavy (non-hydrogen) atoms. The van der Waals surface area contributed by atoms with Crippen molar-refractivity contribution in [1.82, 2.24) is 4.98 Å². The van der Waals surface area contributed by atoms with E-state index in [9.17, 15) is 9.59 Å². The van der Waals surface area contributed by atoms with Gasteiger partial charge in [0.25, 0.3) is 0 Å². The maximum absolute atomic E-state index is 11.8. The lowest BCUT2D eigenvalue weighted by Crippen LogP contribution is -2.14. The lowest BCUT2D eigenvalue weighted by Gasteiger charge is -2.08. The number of aryl methyl sites for hydroxylation is 1. The Kier molecular flexibility index (Phi) is 6.31. The van der Waals surface area contributed by atoms with Gasteiger partial charge in [-0.2, -0.15) is 0 Å². The highest BCUT2D eigenvalue weighted by Crippen LogP contribution is 2.22. The molecule has 0 saturated heterocycles. The highest BCUT2D eigenvalue weighted by molar-refractivity contribution is 5.92. The zero-order valence-corrected chi connectivity index (χ0v) is 13.7. The number of amides is 1. The van der Waals surface area contributed by atoms with Crippen molar-refractivity contribution in [3.05, 3.63) is 48.3 Å². The summed E-state index contributed by atoms with van der Waals surface area (Å²) in [6.07, 6.45) is 1.81. The second kappa shape index (κ2) is 8.67. The monoisotopic (exact) mass is 328 g/mol. The first-order valence-electron chi connectivity index (χ1n) is 7.73. The number of ether oxygens (including phenoxy) is 2. The molecule has 1 amide bonds. The van der Waals surface area contributed by atoms with Gasteiger partial charge >= 0.3 is 5.97 Å². The summed E-state index contributed by atoms with van der Waals surface area (Å²) in [6, 6.07) is 10.7. The summed E-state index contributed by atoms with van der Waals surface area (Å²) in [5.74, 6) is 0.680. The van der Waals surface area contributed by atoms with Gasteiger partial charge in [-0.25, -0.2) is 0 Å². The van der Waals surface area contributed by atoms with Crippen molar-refractivity contribution >= 4 is 17.6 Å². The quantitative estimate of drug-likeness (QED) is 0.788. The molecular formula is C18H20N2O4. The zero-order chi connectivity index (χ0) is 17.4. The number of anilines is 1. The van der Waals surface area contributed by atoms with Crippen molar-refractivity contribution in [2.45, 2.75) is 26.7 Å². The third-order valence-corrected chi connectivity index (χ3v) is 3.12. The molecule has 0 aliphatic rings. The molecule has 2 rings (SSSR count). The fourth-order valence-electron chi connectivity index (χ4n) is 1.93. The minimum Gasteiger partial charge on any atom is -0.466 e. The summed E-state index contributed by atoms with van der Waals surface area (Å²) in [5.41, 5.74) is 1.56. The Labute approximate surface area is 140 Å². The molecule has 1 aromatic carbocycles. The van der Waals surface area contributed by atoms with E-state index >= 15 is 0 Å². The Bertz CT molecular complexity index is 681. The zero-order valence-electron chi connectivity index (χ0n) is 13.7. The second-order valence-electron chi connectivity index (χ2n) is 5.11. The van der Waals surface area contributed by atoms with Crippen molar-refractivity contribution in [3.8, 4) is 11.5 Å². The van der Waals surface area contributed by atoms with Gasteiger partial charge in [-0.05, 0) is 50.2 Å². The topological polar surface area (TPSA) is 77.5 Å². The van der Waals surface area contributed by atoms with Gasteiger partial charge in [0.15, 0.2) is 0 Å². The SMILES string of the molecule is CCOC(=O)CCC(=O)Nc1ccc(Oc2ccc(C)nc2)cc1. The molecule has 1 N–H and O–H groups in total. The van der Waals surface area contributed by atoms with Crippen molar-refractivity contribution in [3.63, 3.8) is 0 Å². The number of rotatable bonds is 7. The molecule has 6 heteroatoms. The van der Waals surface area contributed by atoms with Crippen LogP contribution in [0.5, 0.6) is 11.5 Å². The second-order valence-corrected chi connectivity index (χ2v) is 5.11. The lowest BCUT2D eigenvalue weighted by atomic mass is 10.2. The van der Waals surface area contributed by atoms with Gasteiger partial charge in [-0.3, -0.25) is 14.6 Å². The summed E-state index contributed by atoms with van der Waals surface area (Å²) >= 11 is 0. The number of aromatic nitrogens is 1. The summed E-state index contributed by atoms with van der Waals surface area (Å²) in [7, 11) is 0. The van der Waals surface area contributed by atoms with Gasteiger partial charge in [0.2, 0.25) is 5.91 Å². The van der Waals surface area contributed by atoms with Crippen molar-refractivity contribution in [2.75, 3.05) is 11.9 Å². The maximum Gasteiger partial charge on any atom is 0.306 e. The number of hydrogen-bond acceptors (Lipinski definition) is 5. The van der Waals surface area contributed by atoms with Crippen LogP contribution >= 0.6 is 0 Å². The predicted molar refractivity (Wildman–Crippen MR) is 90.0 cm³/mol. The number of esters is 1. The van der Waals surface area contributed by atoms with Crippen LogP contribution in [-0.4, -0.2) is 23.5 Å². The van der Waals surface area contributed by atoms with Crippen LogP contribution in [0.2, 0.25) is 0 Å². The first-order chi connectivity index (χ1) is 11.6. The number of carbonyl (C=O) groups is 2. The first kappa shape index (κ1) is 17.5. The van der Waals surface area contributed by atoms with E-state index in [1.165, 1.54) is 0 Å². The number of hydrogen-bond donors (Lipinski definition) is 1. The van der Waals surface area contributed by atoms with Gasteiger partial charge in [0.1, 0.15) is 11.5 Å². The molecule has 0 radical (unpaired) electrons. The normalized spacial score (nSPS) is 10.1. The lowest BCUT2D eigenvalue weighted by molar-refractivity contribution is -0.144. The molecule has 2 aromatic rings. The van der Waals surface area contributed by atoms with Crippen LogP contribution in [0.1, 0.15) is 25.5 Å². The largest absolute Gasteiger partial charge is 0.466 e. The van der Waals surface area contributed by atoms with Crippen LogP contribution in [0.3, 0.4) is 0 Å². The highest BCUT2D eigenvalue weighted by atomic mass is 16.5. The average Bonchev–Trinajstić information content (AvgIpc) is 2.57. The molecule has 1 heterocycles. The molecule has 6 nitrogen and oxygen atoms in total. The standard InChI is InChI=1S/C18H20N2O4/c1-3-23-18(22)11-10-17(21)20-14-5-8-15(9-6-14)24-16-7-4-13(2)19-12-16/h4-9,12H,3,10-11H2,1-2H3,(H,20,21). The predicted octanol–water partition coefficient (Wildman–Crippen LogP) is 3.46.